The molecule has 9 nitrogen and oxygen atoms in total. The molecule has 0 spiro atoms. The topological polar surface area (TPSA) is 138 Å². The Hall–Kier alpha value is -3.73. The summed E-state index contributed by atoms with van der Waals surface area (Å²) in [6.07, 6.45) is 4.57. The Balaban J connectivity index is 0.000000188. The Bertz CT molecular complexity index is 1400. The van der Waals surface area contributed by atoms with E-state index in [2.05, 4.69) is 47.7 Å². The van der Waals surface area contributed by atoms with Crippen LogP contribution in [0.1, 0.15) is 23.7 Å². The summed E-state index contributed by atoms with van der Waals surface area (Å²) in [5, 5.41) is 16.7. The van der Waals surface area contributed by atoms with Gasteiger partial charge in [0.2, 0.25) is 6.41 Å². The first kappa shape index (κ1) is 32.8. The van der Waals surface area contributed by atoms with Crippen LogP contribution >= 0.6 is 11.8 Å². The number of rotatable bonds is 9. The highest BCUT2D eigenvalue weighted by Crippen LogP contribution is 2.28. The van der Waals surface area contributed by atoms with E-state index in [0.29, 0.717) is 24.8 Å². The number of nitrogens with zero attached hydrogens (tertiary/aromatic N) is 1. The lowest BCUT2D eigenvalue weighted by Gasteiger charge is -2.12. The molecule has 5 rings (SSSR count). The van der Waals surface area contributed by atoms with Crippen molar-refractivity contribution < 1.29 is 19.1 Å². The van der Waals surface area contributed by atoms with E-state index in [-0.39, 0.29) is 24.2 Å². The van der Waals surface area contributed by atoms with Crippen molar-refractivity contribution in [1.82, 2.24) is 15.5 Å². The molecule has 42 heavy (non-hydrogen) atoms. The molecule has 2 aliphatic heterocycles. The molecule has 3 aromatic carbocycles. The van der Waals surface area contributed by atoms with Gasteiger partial charge in [-0.05, 0) is 72.1 Å². The molecule has 10 heteroatoms. The molecule has 5 N–H and O–H groups in total. The molecule has 1 fully saturated rings. The Kier molecular flexibility index (Phi) is 13.0. The van der Waals surface area contributed by atoms with E-state index in [1.807, 2.05) is 36.4 Å². The van der Waals surface area contributed by atoms with Gasteiger partial charge in [-0.2, -0.15) is 0 Å². The van der Waals surface area contributed by atoms with Crippen LogP contribution in [-0.2, 0) is 14.3 Å². The molecule has 0 aliphatic carbocycles. The predicted molar refractivity (Wildman–Crippen MR) is 172 cm³/mol. The van der Waals surface area contributed by atoms with Gasteiger partial charge in [0, 0.05) is 48.4 Å². The zero-order chi connectivity index (χ0) is 30.5. The molecule has 3 atom stereocenters. The molecule has 2 heterocycles. The van der Waals surface area contributed by atoms with Gasteiger partial charge < -0.3 is 30.8 Å². The van der Waals surface area contributed by atoms with Crippen LogP contribution in [0.4, 0.5) is 0 Å². The summed E-state index contributed by atoms with van der Waals surface area (Å²) in [5.74, 6) is 1.62. The number of nitrogens with one attached hydrogen (secondary N) is 3. The smallest absolute Gasteiger partial charge is 0.251 e. The SMILES string of the molecule is COCC1CC(C)N(C)C1.N=C(N)C1C=C(CNC=O)SC1.O=CCNC(=O)c1ccc2cc3ccccc3cc2c1. The van der Waals surface area contributed by atoms with Gasteiger partial charge in [-0.1, -0.05) is 36.4 Å². The van der Waals surface area contributed by atoms with Crippen molar-refractivity contribution in [3.05, 3.63) is 71.1 Å². The van der Waals surface area contributed by atoms with Gasteiger partial charge in [0.15, 0.2) is 0 Å². The number of likely N-dealkylation sites (tertiary alicyclic amines) is 1. The molecule has 224 valence electrons. The van der Waals surface area contributed by atoms with Crippen LogP contribution < -0.4 is 16.4 Å². The van der Waals surface area contributed by atoms with Gasteiger partial charge in [0.1, 0.15) is 6.29 Å². The van der Waals surface area contributed by atoms with Gasteiger partial charge in [0.25, 0.3) is 5.91 Å². The Morgan fingerprint density at radius 2 is 1.81 bits per heavy atom. The molecular formula is C32H41N5O4S. The first-order chi connectivity index (χ1) is 20.2. The lowest BCUT2D eigenvalue weighted by Crippen LogP contribution is -2.24. The highest BCUT2D eigenvalue weighted by atomic mass is 32.2. The molecule has 3 aromatic rings. The van der Waals surface area contributed by atoms with E-state index in [0.717, 1.165) is 45.4 Å². The molecule has 2 amide bonds. The number of ether oxygens (including phenoxy) is 1. The average molecular weight is 592 g/mol. The summed E-state index contributed by atoms with van der Waals surface area (Å²) in [6.45, 7) is 4.99. The standard InChI is InChI=1S/C17H13NO2.C8H17NO.C7H11N3OS/c19-8-7-18-17(20)15-6-5-14-9-12-3-1-2-4-13(12)10-16(14)11-15;1-7-4-8(6-10-3)5-9(7)2;8-7(9)5-1-6(12-3-5)2-10-4-11/h1-6,8-11H,7H2,(H,18,20);7-8H,4-6H2,1-3H3;1,4-5H,2-3H2,(H3,8,9)(H,10,11). The Morgan fingerprint density at radius 3 is 2.38 bits per heavy atom. The normalized spacial score (nSPS) is 19.6. The number of thioether (sulfide) groups is 1. The lowest BCUT2D eigenvalue weighted by molar-refractivity contribution is -0.109. The summed E-state index contributed by atoms with van der Waals surface area (Å²) in [7, 11) is 3.96. The van der Waals surface area contributed by atoms with E-state index in [1.165, 1.54) is 18.4 Å². The second kappa shape index (κ2) is 16.6. The number of carbonyl (C=O) groups is 3. The van der Waals surface area contributed by atoms with Crippen molar-refractivity contribution in [3.63, 3.8) is 0 Å². The molecular weight excluding hydrogens is 550 g/mol. The van der Waals surface area contributed by atoms with E-state index < -0.39 is 0 Å². The maximum absolute atomic E-state index is 11.8. The van der Waals surface area contributed by atoms with Crippen molar-refractivity contribution in [3.8, 4) is 0 Å². The highest BCUT2D eigenvalue weighted by Gasteiger charge is 2.25. The number of carbonyl (C=O) groups excluding carboxylic acids is 3. The number of methoxy groups -OCH3 is 1. The van der Waals surface area contributed by atoms with Crippen LogP contribution in [0.2, 0.25) is 0 Å². The predicted octanol–water partition coefficient (Wildman–Crippen LogP) is 3.81. The molecule has 3 unspecified atom stereocenters. The maximum atomic E-state index is 11.8. The van der Waals surface area contributed by atoms with Crippen LogP contribution in [0.15, 0.2) is 65.6 Å². The number of hydrogen-bond acceptors (Lipinski definition) is 7. The fraction of sp³-hybridized carbons (Fsp3) is 0.375. The number of aldehydes is 1. The van der Waals surface area contributed by atoms with E-state index in [9.17, 15) is 14.4 Å². The second-order valence-corrected chi connectivity index (χ2v) is 11.6. The minimum absolute atomic E-state index is 0.0363. The summed E-state index contributed by atoms with van der Waals surface area (Å²) in [4.78, 5) is 35.6. The summed E-state index contributed by atoms with van der Waals surface area (Å²) >= 11 is 1.64. The van der Waals surface area contributed by atoms with Crippen molar-refractivity contribution in [1.29, 1.82) is 5.41 Å². The lowest BCUT2D eigenvalue weighted by atomic mass is 10.0. The third-order valence-corrected chi connectivity index (χ3v) is 8.46. The Morgan fingerprint density at radius 1 is 1.12 bits per heavy atom. The molecule has 0 bridgehead atoms. The first-order valence-electron chi connectivity index (χ1n) is 13.9. The van der Waals surface area contributed by atoms with Crippen LogP contribution in [-0.4, -0.2) is 81.5 Å². The largest absolute Gasteiger partial charge is 0.387 e. The van der Waals surface area contributed by atoms with Gasteiger partial charge in [-0.15, -0.1) is 11.8 Å². The summed E-state index contributed by atoms with van der Waals surface area (Å²) in [6, 6.07) is 18.6. The summed E-state index contributed by atoms with van der Waals surface area (Å²) in [5.41, 5.74) is 5.89. The zero-order valence-corrected chi connectivity index (χ0v) is 25.3. The molecule has 1 saturated heterocycles. The third kappa shape index (κ3) is 9.68. The van der Waals surface area contributed by atoms with Crippen LogP contribution in [0, 0.1) is 17.2 Å². The molecule has 0 saturated carbocycles. The summed E-state index contributed by atoms with van der Waals surface area (Å²) < 4.78 is 5.10. The minimum Gasteiger partial charge on any atom is -0.387 e. The number of amides is 2. The molecule has 0 radical (unpaired) electrons. The van der Waals surface area contributed by atoms with Gasteiger partial charge in [0.05, 0.1) is 19.0 Å². The fourth-order valence-corrected chi connectivity index (χ4v) is 6.06. The second-order valence-electron chi connectivity index (χ2n) is 10.5. The quantitative estimate of drug-likeness (QED) is 0.129. The number of benzene rings is 3. The van der Waals surface area contributed by atoms with Crippen molar-refractivity contribution in [2.75, 3.05) is 46.2 Å². The third-order valence-electron chi connectivity index (χ3n) is 7.28. The average Bonchev–Trinajstić information content (AvgIpc) is 3.60. The van der Waals surface area contributed by atoms with Gasteiger partial charge >= 0.3 is 0 Å². The van der Waals surface area contributed by atoms with E-state index in [1.54, 1.807) is 24.9 Å². The van der Waals surface area contributed by atoms with E-state index in [4.69, 9.17) is 15.9 Å². The number of hydrogen-bond donors (Lipinski definition) is 4. The fourth-order valence-electron chi connectivity index (χ4n) is 4.95. The van der Waals surface area contributed by atoms with Crippen molar-refractivity contribution in [2.45, 2.75) is 19.4 Å². The zero-order valence-electron chi connectivity index (χ0n) is 24.5. The molecule has 0 aromatic heterocycles. The minimum atomic E-state index is -0.229. The first-order valence-corrected chi connectivity index (χ1v) is 14.9. The van der Waals surface area contributed by atoms with Crippen LogP contribution in [0.3, 0.4) is 0 Å². The number of fused-ring (bicyclic) bond motifs is 2. The van der Waals surface area contributed by atoms with Crippen LogP contribution in [0.25, 0.3) is 21.5 Å². The van der Waals surface area contributed by atoms with Crippen molar-refractivity contribution >= 4 is 57.7 Å². The van der Waals surface area contributed by atoms with Crippen molar-refractivity contribution in [2.24, 2.45) is 17.6 Å². The van der Waals surface area contributed by atoms with Gasteiger partial charge in [-0.25, -0.2) is 0 Å². The van der Waals surface area contributed by atoms with Gasteiger partial charge in [-0.3, -0.25) is 15.0 Å². The number of nitrogens with two attached hydrogens (primary N) is 1. The Labute approximate surface area is 251 Å². The highest BCUT2D eigenvalue weighted by molar-refractivity contribution is 8.03. The van der Waals surface area contributed by atoms with E-state index >= 15 is 0 Å². The van der Waals surface area contributed by atoms with Crippen LogP contribution in [0.5, 0.6) is 0 Å². The number of amidine groups is 1. The molecule has 2 aliphatic rings. The monoisotopic (exact) mass is 591 g/mol. The maximum Gasteiger partial charge on any atom is 0.251 e.